The zero-order valence-electron chi connectivity index (χ0n) is 13.2. The summed E-state index contributed by atoms with van der Waals surface area (Å²) in [5.74, 6) is 0.192. The summed E-state index contributed by atoms with van der Waals surface area (Å²) in [5.41, 5.74) is 1.15. The molecule has 2 aliphatic rings. The molecule has 0 radical (unpaired) electrons. The highest BCUT2D eigenvalue weighted by molar-refractivity contribution is 6.30. The van der Waals surface area contributed by atoms with Crippen molar-refractivity contribution in [3.63, 3.8) is 0 Å². The molecule has 2 heterocycles. The van der Waals surface area contributed by atoms with Gasteiger partial charge < -0.3 is 14.6 Å². The summed E-state index contributed by atoms with van der Waals surface area (Å²) in [4.78, 5) is 20.9. The molecule has 0 saturated heterocycles. The highest BCUT2D eigenvalue weighted by Gasteiger charge is 2.36. The van der Waals surface area contributed by atoms with Gasteiger partial charge in [0.05, 0.1) is 12.7 Å². The van der Waals surface area contributed by atoms with Gasteiger partial charge in [0, 0.05) is 5.02 Å². The van der Waals surface area contributed by atoms with Crippen molar-refractivity contribution in [2.24, 2.45) is 15.9 Å². The second-order valence-corrected chi connectivity index (χ2v) is 6.13. The van der Waals surface area contributed by atoms with Crippen LogP contribution in [0, 0.1) is 5.92 Å². The van der Waals surface area contributed by atoms with Crippen LogP contribution in [0.5, 0.6) is 17.2 Å². The minimum absolute atomic E-state index is 0.102. The first kappa shape index (κ1) is 15.7. The number of aromatic hydroxyl groups is 1. The van der Waals surface area contributed by atoms with Gasteiger partial charge in [-0.05, 0) is 42.3 Å². The van der Waals surface area contributed by atoms with Crippen LogP contribution in [-0.2, 0) is 11.2 Å². The fraction of sp³-hybridized carbons (Fsp3) is 0.167. The maximum absolute atomic E-state index is 12.5. The number of amidine groups is 1. The minimum atomic E-state index is -0.581. The Morgan fingerprint density at radius 2 is 2.12 bits per heavy atom. The van der Waals surface area contributed by atoms with E-state index in [-0.39, 0.29) is 29.1 Å². The SMILES string of the molecule is COc1cccc(C2=NC(=O)C3Cc4cc(Cl)ccc4OC3=N2)c1O. The summed E-state index contributed by atoms with van der Waals surface area (Å²) >= 11 is 6.00. The quantitative estimate of drug-likeness (QED) is 0.897. The lowest BCUT2D eigenvalue weighted by Crippen LogP contribution is -2.37. The minimum Gasteiger partial charge on any atom is -0.504 e. The molecule has 4 rings (SSSR count). The van der Waals surface area contributed by atoms with Gasteiger partial charge in [-0.2, -0.15) is 9.98 Å². The number of hydrogen-bond donors (Lipinski definition) is 1. The molecule has 2 aliphatic heterocycles. The average molecular weight is 357 g/mol. The summed E-state index contributed by atoms with van der Waals surface area (Å²) in [6, 6.07) is 10.1. The van der Waals surface area contributed by atoms with Crippen molar-refractivity contribution in [2.75, 3.05) is 7.11 Å². The number of rotatable bonds is 2. The second-order valence-electron chi connectivity index (χ2n) is 5.69. The predicted octanol–water partition coefficient (Wildman–Crippen LogP) is 2.99. The predicted molar refractivity (Wildman–Crippen MR) is 92.9 cm³/mol. The average Bonchev–Trinajstić information content (AvgIpc) is 2.60. The van der Waals surface area contributed by atoms with Crippen molar-refractivity contribution in [1.82, 2.24) is 0 Å². The Bertz CT molecular complexity index is 952. The zero-order valence-corrected chi connectivity index (χ0v) is 13.9. The summed E-state index contributed by atoms with van der Waals surface area (Å²) in [6.45, 7) is 0. The van der Waals surface area contributed by atoms with Gasteiger partial charge in [0.25, 0.3) is 5.91 Å². The lowest BCUT2D eigenvalue weighted by atomic mass is 9.94. The van der Waals surface area contributed by atoms with Gasteiger partial charge in [0.2, 0.25) is 5.90 Å². The fourth-order valence-corrected chi connectivity index (χ4v) is 3.09. The van der Waals surface area contributed by atoms with Crippen LogP contribution in [-0.4, -0.2) is 29.9 Å². The molecule has 126 valence electrons. The molecule has 1 unspecified atom stereocenters. The highest BCUT2D eigenvalue weighted by atomic mass is 35.5. The molecule has 7 heteroatoms. The topological polar surface area (TPSA) is 80.5 Å². The van der Waals surface area contributed by atoms with Gasteiger partial charge in [-0.3, -0.25) is 4.79 Å². The molecular weight excluding hydrogens is 344 g/mol. The van der Waals surface area contributed by atoms with E-state index in [1.54, 1.807) is 36.4 Å². The molecule has 0 saturated carbocycles. The Labute approximate surface area is 148 Å². The monoisotopic (exact) mass is 356 g/mol. The summed E-state index contributed by atoms with van der Waals surface area (Å²) in [7, 11) is 1.45. The van der Waals surface area contributed by atoms with E-state index in [9.17, 15) is 9.90 Å². The smallest absolute Gasteiger partial charge is 0.260 e. The first-order valence-electron chi connectivity index (χ1n) is 7.60. The zero-order chi connectivity index (χ0) is 17.6. The molecule has 2 aromatic rings. The Morgan fingerprint density at radius 3 is 2.92 bits per heavy atom. The fourth-order valence-electron chi connectivity index (χ4n) is 2.89. The largest absolute Gasteiger partial charge is 0.504 e. The first-order valence-corrected chi connectivity index (χ1v) is 7.98. The first-order chi connectivity index (χ1) is 12.1. The van der Waals surface area contributed by atoms with Crippen molar-refractivity contribution in [3.8, 4) is 17.2 Å². The van der Waals surface area contributed by atoms with Crippen LogP contribution in [0.1, 0.15) is 11.1 Å². The van der Waals surface area contributed by atoms with Crippen molar-refractivity contribution in [3.05, 3.63) is 52.5 Å². The van der Waals surface area contributed by atoms with Crippen molar-refractivity contribution >= 4 is 29.2 Å². The van der Waals surface area contributed by atoms with E-state index in [1.807, 2.05) is 0 Å². The molecule has 2 aromatic carbocycles. The van der Waals surface area contributed by atoms with E-state index in [0.29, 0.717) is 22.8 Å². The third-order valence-corrected chi connectivity index (χ3v) is 4.38. The number of ether oxygens (including phenoxy) is 2. The molecule has 0 spiro atoms. The number of amides is 1. The number of benzene rings is 2. The lowest BCUT2D eigenvalue weighted by Gasteiger charge is -2.27. The van der Waals surface area contributed by atoms with Gasteiger partial charge in [0.15, 0.2) is 17.3 Å². The number of carbonyl (C=O) groups is 1. The number of fused-ring (bicyclic) bond motifs is 2. The number of aliphatic imine (C=N–C) groups is 2. The maximum Gasteiger partial charge on any atom is 0.260 e. The van der Waals surface area contributed by atoms with Crippen LogP contribution in [0.4, 0.5) is 0 Å². The molecule has 6 nitrogen and oxygen atoms in total. The number of nitrogens with zero attached hydrogens (tertiary/aromatic N) is 2. The third kappa shape index (κ3) is 2.64. The highest BCUT2D eigenvalue weighted by Crippen LogP contribution is 2.35. The molecule has 25 heavy (non-hydrogen) atoms. The van der Waals surface area contributed by atoms with Crippen LogP contribution >= 0.6 is 11.6 Å². The van der Waals surface area contributed by atoms with Gasteiger partial charge in [0.1, 0.15) is 11.7 Å². The van der Waals surface area contributed by atoms with Gasteiger partial charge in [-0.15, -0.1) is 0 Å². The number of halogens is 1. The van der Waals surface area contributed by atoms with E-state index in [2.05, 4.69) is 9.98 Å². The van der Waals surface area contributed by atoms with E-state index >= 15 is 0 Å². The molecule has 0 bridgehead atoms. The molecule has 0 fully saturated rings. The van der Waals surface area contributed by atoms with E-state index in [0.717, 1.165) is 5.56 Å². The third-order valence-electron chi connectivity index (χ3n) is 4.15. The van der Waals surface area contributed by atoms with Gasteiger partial charge in [-0.1, -0.05) is 17.7 Å². The number of methoxy groups -OCH3 is 1. The number of para-hydroxylation sites is 1. The Balaban J connectivity index is 1.75. The number of carbonyl (C=O) groups excluding carboxylic acids is 1. The molecule has 0 aromatic heterocycles. The van der Waals surface area contributed by atoms with Crippen LogP contribution in [0.2, 0.25) is 5.02 Å². The van der Waals surface area contributed by atoms with Crippen LogP contribution < -0.4 is 9.47 Å². The van der Waals surface area contributed by atoms with E-state index < -0.39 is 5.92 Å². The Hall–Kier alpha value is -2.86. The molecule has 1 amide bonds. The Kier molecular flexibility index (Phi) is 3.69. The van der Waals surface area contributed by atoms with Crippen LogP contribution in [0.15, 0.2) is 46.4 Å². The molecular formula is C18H13ClN2O4. The van der Waals surface area contributed by atoms with Crippen LogP contribution in [0.25, 0.3) is 0 Å². The lowest BCUT2D eigenvalue weighted by molar-refractivity contribution is -0.120. The Morgan fingerprint density at radius 1 is 1.28 bits per heavy atom. The number of phenols is 1. The normalized spacial score (nSPS) is 18.5. The van der Waals surface area contributed by atoms with E-state index in [4.69, 9.17) is 21.1 Å². The van der Waals surface area contributed by atoms with Gasteiger partial charge >= 0.3 is 0 Å². The van der Waals surface area contributed by atoms with Crippen molar-refractivity contribution < 1.29 is 19.4 Å². The standard InChI is InChI=1S/C18H13ClN2O4/c1-24-14-4-2-3-11(15(14)22)16-20-17(23)12-8-9-7-10(19)5-6-13(9)25-18(12)21-16/h2-7,12,22H,8H2,1H3. The van der Waals surface area contributed by atoms with Crippen LogP contribution in [0.3, 0.4) is 0 Å². The summed E-state index contributed by atoms with van der Waals surface area (Å²) < 4.78 is 10.9. The van der Waals surface area contributed by atoms with Crippen molar-refractivity contribution in [2.45, 2.75) is 6.42 Å². The summed E-state index contributed by atoms with van der Waals surface area (Å²) in [5, 5.41) is 10.8. The molecule has 1 atom stereocenters. The van der Waals surface area contributed by atoms with Crippen molar-refractivity contribution in [1.29, 1.82) is 0 Å². The van der Waals surface area contributed by atoms with E-state index in [1.165, 1.54) is 7.11 Å². The number of phenolic OH excluding ortho intramolecular Hbond substituents is 1. The van der Waals surface area contributed by atoms with Gasteiger partial charge in [-0.25, -0.2) is 0 Å². The molecule has 1 N–H and O–H groups in total. The summed E-state index contributed by atoms with van der Waals surface area (Å²) in [6.07, 6.45) is 0.425. The second kappa shape index (κ2) is 5.89. The number of hydrogen-bond acceptors (Lipinski definition) is 5. The maximum atomic E-state index is 12.5. The molecule has 0 aliphatic carbocycles.